The van der Waals surface area contributed by atoms with Gasteiger partial charge in [0.05, 0.1) is 6.61 Å². The molecule has 1 unspecified atom stereocenters. The van der Waals surface area contributed by atoms with E-state index < -0.39 is 20.4 Å². The average molecular weight is 273 g/mol. The lowest BCUT2D eigenvalue weighted by Crippen LogP contribution is -2.11. The fourth-order valence-electron chi connectivity index (χ4n) is 1.11. The van der Waals surface area contributed by atoms with Gasteiger partial charge in [0.1, 0.15) is 11.3 Å². The molecular weight excluding hydrogens is 263 g/mol. The van der Waals surface area contributed by atoms with Crippen molar-refractivity contribution >= 4 is 20.4 Å². The van der Waals surface area contributed by atoms with E-state index in [1.165, 1.54) is 18.2 Å². The molecule has 96 valence electrons. The number of para-hydroxylation sites is 1. The normalized spacial score (nSPS) is 10.4. The lowest BCUT2D eigenvalue weighted by Gasteiger charge is -2.06. The molecule has 1 aromatic rings. The van der Waals surface area contributed by atoms with Crippen molar-refractivity contribution in [3.63, 3.8) is 0 Å². The maximum Gasteiger partial charge on any atom is 0.753 e. The summed E-state index contributed by atoms with van der Waals surface area (Å²) >= 11 is 0. The Morgan fingerprint density at radius 2 is 2.00 bits per heavy atom. The predicted octanol–water partition coefficient (Wildman–Crippen LogP) is 2.03. The standard InChI is InChI=1S/C10H9O7P/c1-2-15-9(11)7-5-3-4-6-8(7)16-10(12)17-18(13)14/h3-6H,2H2,1H3/p+1. The molecule has 0 heterocycles. The lowest BCUT2D eigenvalue weighted by molar-refractivity contribution is 0.0523. The summed E-state index contributed by atoms with van der Waals surface area (Å²) in [7, 11) is -3.11. The van der Waals surface area contributed by atoms with Gasteiger partial charge >= 0.3 is 20.4 Å². The van der Waals surface area contributed by atoms with Gasteiger partial charge in [0.2, 0.25) is 0 Å². The van der Waals surface area contributed by atoms with Crippen LogP contribution in [0.5, 0.6) is 5.75 Å². The molecule has 0 aliphatic rings. The molecule has 0 aromatic heterocycles. The van der Waals surface area contributed by atoms with Gasteiger partial charge in [-0.25, -0.2) is 4.79 Å². The van der Waals surface area contributed by atoms with Gasteiger partial charge in [0.15, 0.2) is 0 Å². The fourth-order valence-corrected chi connectivity index (χ4v) is 1.27. The van der Waals surface area contributed by atoms with Crippen molar-refractivity contribution in [1.82, 2.24) is 0 Å². The Labute approximate surface area is 103 Å². The van der Waals surface area contributed by atoms with Crippen LogP contribution in [0.3, 0.4) is 0 Å². The van der Waals surface area contributed by atoms with Crippen LogP contribution in [0.25, 0.3) is 0 Å². The van der Waals surface area contributed by atoms with E-state index in [0.717, 1.165) is 0 Å². The largest absolute Gasteiger partial charge is 0.753 e. The SMILES string of the molecule is CCOC(=O)c1ccccc1OC(=O)O[P+](=O)O. The quantitative estimate of drug-likeness (QED) is 0.509. The van der Waals surface area contributed by atoms with Crippen LogP contribution in [0.2, 0.25) is 0 Å². The Morgan fingerprint density at radius 3 is 2.61 bits per heavy atom. The van der Waals surface area contributed by atoms with E-state index in [-0.39, 0.29) is 17.9 Å². The minimum Gasteiger partial charge on any atom is -0.462 e. The molecule has 1 N–H and O–H groups in total. The van der Waals surface area contributed by atoms with Crippen molar-refractivity contribution in [3.05, 3.63) is 29.8 Å². The summed E-state index contributed by atoms with van der Waals surface area (Å²) in [5, 5.41) is 0. The van der Waals surface area contributed by atoms with E-state index in [0.29, 0.717) is 0 Å². The maximum absolute atomic E-state index is 11.5. The van der Waals surface area contributed by atoms with Gasteiger partial charge in [0.25, 0.3) is 0 Å². The molecular formula is C10H10O7P+. The summed E-state index contributed by atoms with van der Waals surface area (Å²) in [6.45, 7) is 1.80. The highest BCUT2D eigenvalue weighted by Gasteiger charge is 2.24. The first-order valence-electron chi connectivity index (χ1n) is 4.86. The summed E-state index contributed by atoms with van der Waals surface area (Å²) in [6.07, 6.45) is -1.38. The summed E-state index contributed by atoms with van der Waals surface area (Å²) in [5.41, 5.74) is 0.0180. The van der Waals surface area contributed by atoms with E-state index in [9.17, 15) is 14.2 Å². The third kappa shape index (κ3) is 4.12. The fraction of sp³-hybridized carbons (Fsp3) is 0.200. The zero-order valence-corrected chi connectivity index (χ0v) is 10.3. The number of hydrogen-bond acceptors (Lipinski definition) is 6. The molecule has 0 amide bonds. The van der Waals surface area contributed by atoms with E-state index in [1.807, 2.05) is 0 Å². The number of benzene rings is 1. The molecule has 0 saturated carbocycles. The molecule has 0 bridgehead atoms. The van der Waals surface area contributed by atoms with Gasteiger partial charge in [-0.2, -0.15) is 4.79 Å². The predicted molar refractivity (Wildman–Crippen MR) is 59.3 cm³/mol. The second kappa shape index (κ2) is 6.68. The maximum atomic E-state index is 11.5. The molecule has 0 radical (unpaired) electrons. The molecule has 1 aromatic carbocycles. The van der Waals surface area contributed by atoms with Gasteiger partial charge in [0, 0.05) is 4.57 Å². The van der Waals surface area contributed by atoms with Crippen molar-refractivity contribution < 1.29 is 33.0 Å². The van der Waals surface area contributed by atoms with Crippen LogP contribution in [0.1, 0.15) is 17.3 Å². The van der Waals surface area contributed by atoms with Crippen LogP contribution in [-0.4, -0.2) is 23.6 Å². The van der Waals surface area contributed by atoms with Gasteiger partial charge < -0.3 is 9.47 Å². The zero-order valence-electron chi connectivity index (χ0n) is 9.36. The Balaban J connectivity index is 2.85. The highest BCUT2D eigenvalue weighted by Crippen LogP contribution is 2.22. The van der Waals surface area contributed by atoms with Gasteiger partial charge in [-0.1, -0.05) is 12.1 Å². The lowest BCUT2D eigenvalue weighted by atomic mass is 10.2. The van der Waals surface area contributed by atoms with Crippen molar-refractivity contribution in [2.24, 2.45) is 0 Å². The third-order valence-electron chi connectivity index (χ3n) is 1.73. The highest BCUT2D eigenvalue weighted by atomic mass is 31.1. The van der Waals surface area contributed by atoms with E-state index in [1.54, 1.807) is 13.0 Å². The zero-order chi connectivity index (χ0) is 13.5. The minimum atomic E-state index is -3.11. The van der Waals surface area contributed by atoms with Crippen molar-refractivity contribution in [2.75, 3.05) is 6.61 Å². The molecule has 1 rings (SSSR count). The molecule has 8 heteroatoms. The molecule has 18 heavy (non-hydrogen) atoms. The minimum absolute atomic E-state index is 0.0180. The molecule has 7 nitrogen and oxygen atoms in total. The van der Waals surface area contributed by atoms with Crippen LogP contribution in [-0.2, 0) is 13.8 Å². The van der Waals surface area contributed by atoms with Crippen LogP contribution < -0.4 is 4.74 Å². The molecule has 0 spiro atoms. The molecule has 0 saturated heterocycles. The molecule has 0 aliphatic carbocycles. The van der Waals surface area contributed by atoms with Gasteiger partial charge in [-0.15, -0.1) is 9.42 Å². The van der Waals surface area contributed by atoms with E-state index >= 15 is 0 Å². The van der Waals surface area contributed by atoms with Gasteiger partial charge in [-0.3, -0.25) is 0 Å². The molecule has 0 aliphatic heterocycles. The van der Waals surface area contributed by atoms with E-state index in [4.69, 9.17) is 9.63 Å². The highest BCUT2D eigenvalue weighted by molar-refractivity contribution is 7.32. The molecule has 1 atom stereocenters. The number of ether oxygens (including phenoxy) is 2. The van der Waals surface area contributed by atoms with Crippen molar-refractivity contribution in [2.45, 2.75) is 6.92 Å². The van der Waals surface area contributed by atoms with Crippen LogP contribution in [0.15, 0.2) is 24.3 Å². The topological polar surface area (TPSA) is 99.1 Å². The van der Waals surface area contributed by atoms with Gasteiger partial charge in [-0.05, 0) is 19.1 Å². The first-order chi connectivity index (χ1) is 8.54. The summed E-state index contributed by atoms with van der Waals surface area (Å²) < 4.78 is 23.5. The first kappa shape index (κ1) is 14.1. The Morgan fingerprint density at radius 1 is 1.33 bits per heavy atom. The van der Waals surface area contributed by atoms with Crippen LogP contribution >= 0.6 is 8.25 Å². The summed E-state index contributed by atoms with van der Waals surface area (Å²) in [4.78, 5) is 30.9. The van der Waals surface area contributed by atoms with E-state index in [2.05, 4.69) is 9.26 Å². The number of carbonyl (C=O) groups is 2. The van der Waals surface area contributed by atoms with Crippen molar-refractivity contribution in [3.8, 4) is 5.75 Å². The van der Waals surface area contributed by atoms with Crippen molar-refractivity contribution in [1.29, 1.82) is 0 Å². The third-order valence-corrected chi connectivity index (χ3v) is 2.03. The number of carbonyl (C=O) groups excluding carboxylic acids is 2. The Bertz CT molecular complexity index is 471. The number of hydrogen-bond donors (Lipinski definition) is 1. The monoisotopic (exact) mass is 273 g/mol. The van der Waals surface area contributed by atoms with Crippen LogP contribution in [0.4, 0.5) is 4.79 Å². The average Bonchev–Trinajstić information content (AvgIpc) is 2.28. The second-order valence-corrected chi connectivity index (χ2v) is 3.56. The Kier molecular flexibility index (Phi) is 5.23. The van der Waals surface area contributed by atoms with Crippen LogP contribution in [0, 0.1) is 0 Å². The Hall–Kier alpha value is -1.98. The number of rotatable bonds is 4. The summed E-state index contributed by atoms with van der Waals surface area (Å²) in [6, 6.07) is 5.79. The molecule has 0 fully saturated rings. The second-order valence-electron chi connectivity index (χ2n) is 2.90. The number of esters is 1. The first-order valence-corrected chi connectivity index (χ1v) is 5.99. The smallest absolute Gasteiger partial charge is 0.462 e. The summed E-state index contributed by atoms with van der Waals surface area (Å²) in [5.74, 6) is -0.785.